The number of hydrogen-bond acceptors (Lipinski definition) is 2. The highest BCUT2D eigenvalue weighted by molar-refractivity contribution is 5.74. The lowest BCUT2D eigenvalue weighted by Crippen LogP contribution is -2.54. The van der Waals surface area contributed by atoms with Crippen LogP contribution in [0.5, 0.6) is 0 Å². The van der Waals surface area contributed by atoms with Gasteiger partial charge in [0.2, 0.25) is 5.91 Å². The van der Waals surface area contributed by atoms with Crippen LogP contribution in [-0.4, -0.2) is 36.5 Å². The molecule has 1 aromatic rings. The molecule has 1 heterocycles. The van der Waals surface area contributed by atoms with Gasteiger partial charge in [0, 0.05) is 38.3 Å². The van der Waals surface area contributed by atoms with E-state index in [4.69, 9.17) is 0 Å². The average Bonchev–Trinajstić information content (AvgIpc) is 2.38. The van der Waals surface area contributed by atoms with Gasteiger partial charge in [0.05, 0.1) is 0 Å². The number of carbonyl (C=O) groups excluding carboxylic acids is 1. The van der Waals surface area contributed by atoms with Gasteiger partial charge in [0.15, 0.2) is 0 Å². The van der Waals surface area contributed by atoms with Crippen molar-refractivity contribution >= 4 is 11.6 Å². The lowest BCUT2D eigenvalue weighted by atomic mass is 10.1. The molecule has 1 amide bonds. The van der Waals surface area contributed by atoms with Crippen LogP contribution in [0.15, 0.2) is 24.3 Å². The summed E-state index contributed by atoms with van der Waals surface area (Å²) in [4.78, 5) is 15.9. The van der Waals surface area contributed by atoms with Crippen molar-refractivity contribution in [3.05, 3.63) is 29.8 Å². The second-order valence-corrected chi connectivity index (χ2v) is 5.06. The maximum Gasteiger partial charge on any atom is 0.219 e. The Bertz CT molecular complexity index is 413. The van der Waals surface area contributed by atoms with Gasteiger partial charge in [-0.3, -0.25) is 4.79 Å². The molecule has 0 aliphatic carbocycles. The topological polar surface area (TPSA) is 23.6 Å². The molecule has 0 saturated carbocycles. The SMILES string of the molecule is CCC1CN(c2ccc(C)cc2)CCN1C(C)=O. The zero-order chi connectivity index (χ0) is 13.1. The zero-order valence-electron chi connectivity index (χ0n) is 11.5. The minimum Gasteiger partial charge on any atom is -0.368 e. The van der Waals surface area contributed by atoms with Crippen molar-refractivity contribution in [3.8, 4) is 0 Å². The quantitative estimate of drug-likeness (QED) is 0.800. The number of carbonyl (C=O) groups is 1. The molecule has 3 heteroatoms. The summed E-state index contributed by atoms with van der Waals surface area (Å²) in [5.41, 5.74) is 2.55. The van der Waals surface area contributed by atoms with Crippen LogP contribution < -0.4 is 4.90 Å². The zero-order valence-corrected chi connectivity index (χ0v) is 11.5. The summed E-state index contributed by atoms with van der Waals surface area (Å²) in [6.07, 6.45) is 1.02. The predicted molar refractivity (Wildman–Crippen MR) is 74.9 cm³/mol. The molecule has 1 fully saturated rings. The Kier molecular flexibility index (Phi) is 3.90. The summed E-state index contributed by atoms with van der Waals surface area (Å²) in [5, 5.41) is 0. The second-order valence-electron chi connectivity index (χ2n) is 5.06. The standard InChI is InChI=1S/C15H22N2O/c1-4-14-11-16(9-10-17(14)13(3)18)15-7-5-12(2)6-8-15/h5-8,14H,4,9-11H2,1-3H3. The smallest absolute Gasteiger partial charge is 0.219 e. The summed E-state index contributed by atoms with van der Waals surface area (Å²) < 4.78 is 0. The van der Waals surface area contributed by atoms with Crippen molar-refractivity contribution in [2.24, 2.45) is 0 Å². The van der Waals surface area contributed by atoms with Crippen molar-refractivity contribution < 1.29 is 4.79 Å². The number of nitrogens with zero attached hydrogens (tertiary/aromatic N) is 2. The number of anilines is 1. The molecule has 1 aliphatic rings. The van der Waals surface area contributed by atoms with Crippen LogP contribution in [-0.2, 0) is 4.79 Å². The van der Waals surface area contributed by atoms with E-state index in [0.717, 1.165) is 26.1 Å². The van der Waals surface area contributed by atoms with Gasteiger partial charge in [0.25, 0.3) is 0 Å². The Morgan fingerprint density at radius 2 is 1.94 bits per heavy atom. The first-order valence-corrected chi connectivity index (χ1v) is 6.70. The lowest BCUT2D eigenvalue weighted by Gasteiger charge is -2.42. The molecule has 98 valence electrons. The number of benzene rings is 1. The fourth-order valence-corrected chi connectivity index (χ4v) is 2.61. The highest BCUT2D eigenvalue weighted by Crippen LogP contribution is 2.21. The molecule has 1 saturated heterocycles. The van der Waals surface area contributed by atoms with Gasteiger partial charge in [0.1, 0.15) is 0 Å². The summed E-state index contributed by atoms with van der Waals surface area (Å²) in [6.45, 7) is 8.63. The van der Waals surface area contributed by atoms with E-state index < -0.39 is 0 Å². The molecule has 0 N–H and O–H groups in total. The summed E-state index contributed by atoms with van der Waals surface area (Å²) >= 11 is 0. The normalized spacial score (nSPS) is 20.1. The molecule has 1 atom stereocenters. The van der Waals surface area contributed by atoms with Gasteiger partial charge >= 0.3 is 0 Å². The predicted octanol–water partition coefficient (Wildman–Crippen LogP) is 2.44. The van der Waals surface area contributed by atoms with E-state index in [1.165, 1.54) is 11.3 Å². The summed E-state index contributed by atoms with van der Waals surface area (Å²) in [7, 11) is 0. The van der Waals surface area contributed by atoms with Crippen LogP contribution in [0.1, 0.15) is 25.8 Å². The number of amides is 1. The van der Waals surface area contributed by atoms with Gasteiger partial charge in [-0.25, -0.2) is 0 Å². The molecule has 0 radical (unpaired) electrons. The molecule has 1 aromatic carbocycles. The van der Waals surface area contributed by atoms with E-state index in [0.29, 0.717) is 6.04 Å². The Hall–Kier alpha value is -1.51. The molecule has 3 nitrogen and oxygen atoms in total. The van der Waals surface area contributed by atoms with E-state index >= 15 is 0 Å². The monoisotopic (exact) mass is 246 g/mol. The Morgan fingerprint density at radius 3 is 2.50 bits per heavy atom. The Morgan fingerprint density at radius 1 is 1.28 bits per heavy atom. The second kappa shape index (κ2) is 5.42. The number of rotatable bonds is 2. The van der Waals surface area contributed by atoms with Gasteiger partial charge in [-0.1, -0.05) is 24.6 Å². The number of hydrogen-bond donors (Lipinski definition) is 0. The van der Waals surface area contributed by atoms with Crippen LogP contribution in [0.4, 0.5) is 5.69 Å². The molecule has 0 spiro atoms. The van der Waals surface area contributed by atoms with Crippen LogP contribution in [0.2, 0.25) is 0 Å². The first-order chi connectivity index (χ1) is 8.61. The average molecular weight is 246 g/mol. The van der Waals surface area contributed by atoms with Gasteiger partial charge in [-0.2, -0.15) is 0 Å². The van der Waals surface area contributed by atoms with E-state index in [9.17, 15) is 4.79 Å². The molecular formula is C15H22N2O. The highest BCUT2D eigenvalue weighted by Gasteiger charge is 2.27. The van der Waals surface area contributed by atoms with Gasteiger partial charge in [-0.15, -0.1) is 0 Å². The first kappa shape index (κ1) is 12.9. The van der Waals surface area contributed by atoms with Crippen molar-refractivity contribution in [2.75, 3.05) is 24.5 Å². The largest absolute Gasteiger partial charge is 0.368 e. The van der Waals surface area contributed by atoms with Crippen molar-refractivity contribution in [1.29, 1.82) is 0 Å². The Balaban J connectivity index is 2.09. The maximum absolute atomic E-state index is 11.6. The van der Waals surface area contributed by atoms with Gasteiger partial charge in [-0.05, 0) is 25.5 Å². The maximum atomic E-state index is 11.6. The van der Waals surface area contributed by atoms with Crippen LogP contribution in [0.25, 0.3) is 0 Å². The highest BCUT2D eigenvalue weighted by atomic mass is 16.2. The van der Waals surface area contributed by atoms with Crippen LogP contribution in [0, 0.1) is 6.92 Å². The number of piperazine rings is 1. The van der Waals surface area contributed by atoms with E-state index in [1.807, 2.05) is 4.90 Å². The molecule has 1 unspecified atom stereocenters. The fourth-order valence-electron chi connectivity index (χ4n) is 2.61. The molecule has 1 aliphatic heterocycles. The first-order valence-electron chi connectivity index (χ1n) is 6.70. The molecule has 2 rings (SSSR count). The molecule has 18 heavy (non-hydrogen) atoms. The third-order valence-electron chi connectivity index (χ3n) is 3.76. The van der Waals surface area contributed by atoms with E-state index in [2.05, 4.69) is 43.0 Å². The molecular weight excluding hydrogens is 224 g/mol. The van der Waals surface area contributed by atoms with Crippen molar-refractivity contribution in [3.63, 3.8) is 0 Å². The fraction of sp³-hybridized carbons (Fsp3) is 0.533. The molecule has 0 aromatic heterocycles. The third kappa shape index (κ3) is 2.66. The number of aryl methyl sites for hydroxylation is 1. The minimum absolute atomic E-state index is 0.199. The summed E-state index contributed by atoms with van der Waals surface area (Å²) in [6, 6.07) is 8.98. The molecule has 0 bridgehead atoms. The van der Waals surface area contributed by atoms with Crippen molar-refractivity contribution in [1.82, 2.24) is 4.90 Å². The third-order valence-corrected chi connectivity index (χ3v) is 3.76. The summed E-state index contributed by atoms with van der Waals surface area (Å²) in [5.74, 6) is 0.199. The lowest BCUT2D eigenvalue weighted by molar-refractivity contribution is -0.131. The minimum atomic E-state index is 0.199. The van der Waals surface area contributed by atoms with Crippen LogP contribution >= 0.6 is 0 Å². The van der Waals surface area contributed by atoms with Gasteiger partial charge < -0.3 is 9.80 Å². The van der Waals surface area contributed by atoms with E-state index in [1.54, 1.807) is 6.92 Å². The van der Waals surface area contributed by atoms with E-state index in [-0.39, 0.29) is 5.91 Å². The van der Waals surface area contributed by atoms with Crippen molar-refractivity contribution in [2.45, 2.75) is 33.2 Å². The Labute approximate surface area is 109 Å². The van der Waals surface area contributed by atoms with Crippen LogP contribution in [0.3, 0.4) is 0 Å².